The first kappa shape index (κ1) is 19.8. The fourth-order valence-electron chi connectivity index (χ4n) is 4.69. The summed E-state index contributed by atoms with van der Waals surface area (Å²) in [6.07, 6.45) is 3.58. The molecule has 1 unspecified atom stereocenters. The monoisotopic (exact) mass is 413 g/mol. The molecule has 2 aliphatic rings. The Hall–Kier alpha value is -3.11. The maximum absolute atomic E-state index is 11.0. The Morgan fingerprint density at radius 2 is 1.71 bits per heavy atom. The molecular formula is C27H27NO3. The van der Waals surface area contributed by atoms with E-state index in [1.165, 1.54) is 22.3 Å². The number of nitrogens with one attached hydrogen (secondary N) is 1. The molecule has 1 atom stereocenters. The van der Waals surface area contributed by atoms with Crippen molar-refractivity contribution in [1.82, 2.24) is 5.32 Å². The van der Waals surface area contributed by atoms with Crippen LogP contribution in [-0.2, 0) is 17.8 Å². The zero-order chi connectivity index (χ0) is 21.2. The molecule has 4 heteroatoms. The van der Waals surface area contributed by atoms with Gasteiger partial charge in [0.05, 0.1) is 5.92 Å². The first-order valence-corrected chi connectivity index (χ1v) is 11.0. The second-order valence-electron chi connectivity index (χ2n) is 8.67. The first-order valence-electron chi connectivity index (χ1n) is 11.0. The number of benzene rings is 3. The third-order valence-corrected chi connectivity index (χ3v) is 6.58. The molecule has 2 aliphatic carbocycles. The van der Waals surface area contributed by atoms with Gasteiger partial charge in [-0.15, -0.1) is 0 Å². The van der Waals surface area contributed by atoms with E-state index < -0.39 is 5.97 Å². The molecule has 0 heterocycles. The average molecular weight is 414 g/mol. The lowest BCUT2D eigenvalue weighted by molar-refractivity contribution is -0.145. The summed E-state index contributed by atoms with van der Waals surface area (Å²) in [5, 5.41) is 12.7. The summed E-state index contributed by atoms with van der Waals surface area (Å²) in [7, 11) is 0. The van der Waals surface area contributed by atoms with Crippen LogP contribution in [0.3, 0.4) is 0 Å². The minimum Gasteiger partial charge on any atom is -0.489 e. The molecule has 0 amide bonds. The minimum atomic E-state index is -0.665. The van der Waals surface area contributed by atoms with Gasteiger partial charge in [0.25, 0.3) is 0 Å². The number of carbonyl (C=O) groups is 1. The minimum absolute atomic E-state index is 0.170. The van der Waals surface area contributed by atoms with E-state index in [4.69, 9.17) is 9.84 Å². The fourth-order valence-corrected chi connectivity index (χ4v) is 4.69. The topological polar surface area (TPSA) is 58.6 Å². The summed E-state index contributed by atoms with van der Waals surface area (Å²) in [4.78, 5) is 11.0. The average Bonchev–Trinajstić information content (AvgIpc) is 3.17. The Bertz CT molecular complexity index is 1060. The SMILES string of the molecule is O=C(O)C1CC(NC2CCc3cc(OCc4ccc(-c5ccccc5)cc4)ccc32)C1. The normalized spacial score (nSPS) is 21.9. The van der Waals surface area contributed by atoms with E-state index in [0.717, 1.165) is 37.0 Å². The van der Waals surface area contributed by atoms with E-state index in [-0.39, 0.29) is 5.92 Å². The van der Waals surface area contributed by atoms with Crippen molar-refractivity contribution in [2.75, 3.05) is 0 Å². The third-order valence-electron chi connectivity index (χ3n) is 6.58. The lowest BCUT2D eigenvalue weighted by Gasteiger charge is -2.35. The standard InChI is InChI=1S/C27H27NO3/c29-27(30)22-14-23(15-22)28-26-13-10-21-16-24(11-12-25(21)26)31-17-18-6-8-20(9-7-18)19-4-2-1-3-5-19/h1-9,11-12,16,22-23,26,28H,10,13-15,17H2,(H,29,30). The number of aryl methyl sites for hydroxylation is 1. The Morgan fingerprint density at radius 3 is 2.45 bits per heavy atom. The van der Waals surface area contributed by atoms with Gasteiger partial charge in [-0.25, -0.2) is 0 Å². The van der Waals surface area contributed by atoms with Crippen LogP contribution in [0.5, 0.6) is 5.75 Å². The second-order valence-corrected chi connectivity index (χ2v) is 8.67. The van der Waals surface area contributed by atoms with Gasteiger partial charge in [-0.1, -0.05) is 60.7 Å². The number of hydrogen-bond acceptors (Lipinski definition) is 3. The van der Waals surface area contributed by atoms with E-state index in [0.29, 0.717) is 18.7 Å². The molecule has 4 nitrogen and oxygen atoms in total. The van der Waals surface area contributed by atoms with Gasteiger partial charge in [0.15, 0.2) is 0 Å². The van der Waals surface area contributed by atoms with Crippen LogP contribution < -0.4 is 10.1 Å². The zero-order valence-corrected chi connectivity index (χ0v) is 17.5. The summed E-state index contributed by atoms with van der Waals surface area (Å²) >= 11 is 0. The van der Waals surface area contributed by atoms with E-state index in [1.54, 1.807) is 0 Å². The molecule has 1 fully saturated rings. The van der Waals surface area contributed by atoms with Gasteiger partial charge in [0.2, 0.25) is 0 Å². The van der Waals surface area contributed by atoms with Gasteiger partial charge < -0.3 is 15.2 Å². The van der Waals surface area contributed by atoms with Crippen LogP contribution in [-0.4, -0.2) is 17.1 Å². The molecule has 0 aromatic heterocycles. The summed E-state index contributed by atoms with van der Waals surface area (Å²) in [6.45, 7) is 0.550. The molecule has 1 saturated carbocycles. The van der Waals surface area contributed by atoms with Gasteiger partial charge >= 0.3 is 5.97 Å². The molecule has 3 aromatic rings. The Balaban J connectivity index is 1.17. The predicted octanol–water partition coefficient (Wildman–Crippen LogP) is 5.37. The van der Waals surface area contributed by atoms with Gasteiger partial charge in [0.1, 0.15) is 12.4 Å². The quantitative estimate of drug-likeness (QED) is 0.547. The highest BCUT2D eigenvalue weighted by atomic mass is 16.5. The molecule has 0 spiro atoms. The zero-order valence-electron chi connectivity index (χ0n) is 17.5. The Kier molecular flexibility index (Phi) is 5.47. The smallest absolute Gasteiger partial charge is 0.306 e. The third kappa shape index (κ3) is 4.35. The molecule has 0 saturated heterocycles. The van der Waals surface area contributed by atoms with Crippen molar-refractivity contribution >= 4 is 5.97 Å². The van der Waals surface area contributed by atoms with Crippen molar-refractivity contribution in [3.05, 3.63) is 89.5 Å². The van der Waals surface area contributed by atoms with Crippen molar-refractivity contribution in [1.29, 1.82) is 0 Å². The van der Waals surface area contributed by atoms with Crippen LogP contribution in [0.4, 0.5) is 0 Å². The fraction of sp³-hybridized carbons (Fsp3) is 0.296. The van der Waals surface area contributed by atoms with Gasteiger partial charge in [-0.05, 0) is 65.6 Å². The van der Waals surface area contributed by atoms with Crippen molar-refractivity contribution in [3.63, 3.8) is 0 Å². The molecule has 5 rings (SSSR count). The van der Waals surface area contributed by atoms with Crippen molar-refractivity contribution in [3.8, 4) is 16.9 Å². The summed E-state index contributed by atoms with van der Waals surface area (Å²) in [5.74, 6) is 0.0680. The van der Waals surface area contributed by atoms with E-state index in [9.17, 15) is 4.79 Å². The van der Waals surface area contributed by atoms with Gasteiger partial charge in [-0.2, -0.15) is 0 Å². The second kappa shape index (κ2) is 8.56. The van der Waals surface area contributed by atoms with Gasteiger partial charge in [-0.3, -0.25) is 4.79 Å². The molecule has 158 valence electrons. The van der Waals surface area contributed by atoms with Crippen molar-refractivity contribution < 1.29 is 14.6 Å². The van der Waals surface area contributed by atoms with Crippen LogP contribution in [0.25, 0.3) is 11.1 Å². The molecule has 0 radical (unpaired) electrons. The predicted molar refractivity (Wildman–Crippen MR) is 121 cm³/mol. The highest BCUT2D eigenvalue weighted by Gasteiger charge is 2.36. The summed E-state index contributed by atoms with van der Waals surface area (Å²) in [5.41, 5.74) is 6.25. The van der Waals surface area contributed by atoms with Crippen LogP contribution in [0.1, 0.15) is 42.0 Å². The van der Waals surface area contributed by atoms with Crippen LogP contribution in [0.2, 0.25) is 0 Å². The number of carboxylic acids is 1. The van der Waals surface area contributed by atoms with Gasteiger partial charge in [0, 0.05) is 12.1 Å². The van der Waals surface area contributed by atoms with E-state index >= 15 is 0 Å². The van der Waals surface area contributed by atoms with E-state index in [2.05, 4.69) is 72.0 Å². The molecule has 2 N–H and O–H groups in total. The maximum atomic E-state index is 11.0. The number of ether oxygens (including phenoxy) is 1. The number of fused-ring (bicyclic) bond motifs is 1. The maximum Gasteiger partial charge on any atom is 0.306 e. The number of carboxylic acid groups (broad SMARTS) is 1. The van der Waals surface area contributed by atoms with Crippen molar-refractivity contribution in [2.45, 2.75) is 44.4 Å². The van der Waals surface area contributed by atoms with Crippen LogP contribution in [0, 0.1) is 5.92 Å². The van der Waals surface area contributed by atoms with E-state index in [1.807, 2.05) is 6.07 Å². The molecule has 3 aromatic carbocycles. The van der Waals surface area contributed by atoms with Crippen LogP contribution >= 0.6 is 0 Å². The lowest BCUT2D eigenvalue weighted by atomic mass is 9.80. The Labute approximate surface area is 182 Å². The highest BCUT2D eigenvalue weighted by Crippen LogP contribution is 2.37. The molecular weight excluding hydrogens is 386 g/mol. The van der Waals surface area contributed by atoms with Crippen molar-refractivity contribution in [2.24, 2.45) is 5.92 Å². The lowest BCUT2D eigenvalue weighted by Crippen LogP contribution is -2.45. The largest absolute Gasteiger partial charge is 0.489 e. The highest BCUT2D eigenvalue weighted by molar-refractivity contribution is 5.71. The number of hydrogen-bond donors (Lipinski definition) is 2. The molecule has 0 aliphatic heterocycles. The Morgan fingerprint density at radius 1 is 0.968 bits per heavy atom. The number of rotatable bonds is 7. The summed E-state index contributed by atoms with van der Waals surface area (Å²) < 4.78 is 6.07. The summed E-state index contributed by atoms with van der Waals surface area (Å²) in [6, 6.07) is 25.9. The molecule has 0 bridgehead atoms. The molecule has 31 heavy (non-hydrogen) atoms. The van der Waals surface area contributed by atoms with Crippen LogP contribution in [0.15, 0.2) is 72.8 Å². The first-order chi connectivity index (χ1) is 15.2. The number of aliphatic carboxylic acids is 1.